The zero-order chi connectivity index (χ0) is 17.8. The molecular weight excluding hydrogens is 383 g/mol. The van der Waals surface area contributed by atoms with Gasteiger partial charge in [-0.25, -0.2) is 4.99 Å². The van der Waals surface area contributed by atoms with Crippen LogP contribution in [0.5, 0.6) is 0 Å². The summed E-state index contributed by atoms with van der Waals surface area (Å²) in [5.41, 5.74) is 2.03. The molecule has 0 bridgehead atoms. The fourth-order valence-electron chi connectivity index (χ4n) is 2.84. The second-order valence-corrected chi connectivity index (χ2v) is 7.70. The van der Waals surface area contributed by atoms with Gasteiger partial charge in [0, 0.05) is 22.0 Å². The predicted molar refractivity (Wildman–Crippen MR) is 100 cm³/mol. The number of amidine groups is 1. The van der Waals surface area contributed by atoms with Crippen molar-refractivity contribution in [2.24, 2.45) is 4.99 Å². The summed E-state index contributed by atoms with van der Waals surface area (Å²) < 4.78 is 32.6. The molecule has 0 saturated heterocycles. The molecule has 4 rings (SSSR count). The van der Waals surface area contributed by atoms with E-state index in [9.17, 15) is 13.0 Å². The van der Waals surface area contributed by atoms with Crippen LogP contribution in [0.15, 0.2) is 58.4 Å². The Morgan fingerprint density at radius 1 is 1.00 bits per heavy atom. The van der Waals surface area contributed by atoms with Crippen LogP contribution in [-0.2, 0) is 10.1 Å². The molecule has 2 N–H and O–H groups in total. The van der Waals surface area contributed by atoms with Gasteiger partial charge in [-0.3, -0.25) is 4.55 Å². The van der Waals surface area contributed by atoms with Gasteiger partial charge >= 0.3 is 0 Å². The second-order valence-electron chi connectivity index (χ2n) is 5.50. The Balaban J connectivity index is 1.95. The van der Waals surface area contributed by atoms with E-state index in [0.29, 0.717) is 38.0 Å². The van der Waals surface area contributed by atoms with E-state index in [0.717, 1.165) is 5.56 Å². The first-order valence-corrected chi connectivity index (χ1v) is 9.38. The van der Waals surface area contributed by atoms with Crippen LogP contribution in [0.25, 0.3) is 10.8 Å². The van der Waals surface area contributed by atoms with Crippen molar-refractivity contribution in [2.45, 2.75) is 4.90 Å². The van der Waals surface area contributed by atoms with Crippen LogP contribution in [0.3, 0.4) is 0 Å². The molecule has 25 heavy (non-hydrogen) atoms. The first kappa shape index (κ1) is 16.4. The lowest BCUT2D eigenvalue weighted by Gasteiger charge is -2.20. The average molecular weight is 393 g/mol. The van der Waals surface area contributed by atoms with E-state index in [1.54, 1.807) is 36.4 Å². The molecular formula is C17H10Cl2N2O3S. The quantitative estimate of drug-likeness (QED) is 0.608. The summed E-state index contributed by atoms with van der Waals surface area (Å²) in [5, 5.41) is 5.06. The van der Waals surface area contributed by atoms with Crippen molar-refractivity contribution in [2.75, 3.05) is 5.32 Å². The van der Waals surface area contributed by atoms with Gasteiger partial charge in [0.2, 0.25) is 0 Å². The van der Waals surface area contributed by atoms with Gasteiger partial charge in [0.1, 0.15) is 10.7 Å². The summed E-state index contributed by atoms with van der Waals surface area (Å²) in [7, 11) is -4.33. The Morgan fingerprint density at radius 3 is 2.52 bits per heavy atom. The van der Waals surface area contributed by atoms with Crippen molar-refractivity contribution in [3.63, 3.8) is 0 Å². The minimum absolute atomic E-state index is 0.150. The zero-order valence-corrected chi connectivity index (χ0v) is 14.8. The van der Waals surface area contributed by atoms with Crippen LogP contribution >= 0.6 is 23.2 Å². The third-order valence-electron chi connectivity index (χ3n) is 3.93. The van der Waals surface area contributed by atoms with Crippen LogP contribution in [0.1, 0.15) is 5.56 Å². The molecule has 8 heteroatoms. The Kier molecular flexibility index (Phi) is 3.73. The highest BCUT2D eigenvalue weighted by molar-refractivity contribution is 7.86. The molecule has 0 saturated carbocycles. The van der Waals surface area contributed by atoms with Crippen molar-refractivity contribution in [1.82, 2.24) is 0 Å². The summed E-state index contributed by atoms with van der Waals surface area (Å²) >= 11 is 12.0. The smallest absolute Gasteiger partial charge is 0.295 e. The first-order chi connectivity index (χ1) is 11.8. The molecule has 0 radical (unpaired) electrons. The summed E-state index contributed by atoms with van der Waals surface area (Å²) in [6.45, 7) is 0. The molecule has 5 nitrogen and oxygen atoms in total. The van der Waals surface area contributed by atoms with Gasteiger partial charge in [-0.2, -0.15) is 8.42 Å². The van der Waals surface area contributed by atoms with Gasteiger partial charge in [0.05, 0.1) is 15.7 Å². The Hall–Kier alpha value is -2.12. The average Bonchev–Trinajstić information content (AvgIpc) is 2.56. The number of hydrogen-bond acceptors (Lipinski definition) is 4. The summed E-state index contributed by atoms with van der Waals surface area (Å²) in [4.78, 5) is 4.41. The summed E-state index contributed by atoms with van der Waals surface area (Å²) in [6.07, 6.45) is 0. The van der Waals surface area contributed by atoms with Crippen molar-refractivity contribution in [1.29, 1.82) is 0 Å². The topological polar surface area (TPSA) is 78.8 Å². The van der Waals surface area contributed by atoms with Crippen LogP contribution in [0, 0.1) is 0 Å². The maximum Gasteiger partial charge on any atom is 0.295 e. The van der Waals surface area contributed by atoms with Gasteiger partial charge < -0.3 is 5.32 Å². The summed E-state index contributed by atoms with van der Waals surface area (Å²) in [6, 6.07) is 13.2. The maximum absolute atomic E-state index is 11.6. The molecule has 3 aromatic rings. The maximum atomic E-state index is 11.6. The third kappa shape index (κ3) is 2.77. The first-order valence-electron chi connectivity index (χ1n) is 7.19. The molecule has 3 aromatic carbocycles. The lowest BCUT2D eigenvalue weighted by atomic mass is 10.0. The van der Waals surface area contributed by atoms with Gasteiger partial charge in [-0.05, 0) is 36.4 Å². The Morgan fingerprint density at radius 2 is 1.80 bits per heavy atom. The van der Waals surface area contributed by atoms with Gasteiger partial charge in [0.25, 0.3) is 10.1 Å². The second kappa shape index (κ2) is 5.71. The fraction of sp³-hybridized carbons (Fsp3) is 0. The molecule has 0 aromatic heterocycles. The van der Waals surface area contributed by atoms with Crippen LogP contribution in [-0.4, -0.2) is 18.8 Å². The number of halogens is 2. The van der Waals surface area contributed by atoms with Gasteiger partial charge in [0.15, 0.2) is 0 Å². The monoisotopic (exact) mass is 392 g/mol. The molecule has 0 unspecified atom stereocenters. The van der Waals surface area contributed by atoms with E-state index in [2.05, 4.69) is 10.3 Å². The molecule has 1 aliphatic heterocycles. The highest BCUT2D eigenvalue weighted by Crippen LogP contribution is 2.39. The lowest BCUT2D eigenvalue weighted by molar-refractivity contribution is 0.484. The van der Waals surface area contributed by atoms with Crippen LogP contribution < -0.4 is 5.32 Å². The molecule has 0 amide bonds. The molecule has 0 spiro atoms. The lowest BCUT2D eigenvalue weighted by Crippen LogP contribution is -2.16. The number of rotatable bonds is 2. The highest BCUT2D eigenvalue weighted by Gasteiger charge is 2.21. The number of anilines is 1. The molecule has 1 aliphatic rings. The minimum Gasteiger partial charge on any atom is -0.339 e. The van der Waals surface area contributed by atoms with Crippen LogP contribution in [0.4, 0.5) is 11.4 Å². The van der Waals surface area contributed by atoms with E-state index in [-0.39, 0.29) is 4.90 Å². The molecule has 0 atom stereocenters. The van der Waals surface area contributed by atoms with Gasteiger partial charge in [-0.15, -0.1) is 0 Å². The third-order valence-corrected chi connectivity index (χ3v) is 5.59. The fourth-order valence-corrected chi connectivity index (χ4v) is 3.83. The number of nitrogens with one attached hydrogen (secondary N) is 1. The minimum atomic E-state index is -4.33. The van der Waals surface area contributed by atoms with E-state index < -0.39 is 10.1 Å². The van der Waals surface area contributed by atoms with E-state index in [1.165, 1.54) is 6.07 Å². The van der Waals surface area contributed by atoms with E-state index in [1.807, 2.05) is 6.07 Å². The molecule has 1 heterocycles. The number of benzene rings is 3. The van der Waals surface area contributed by atoms with E-state index >= 15 is 0 Å². The van der Waals surface area contributed by atoms with Crippen molar-refractivity contribution in [3.8, 4) is 0 Å². The van der Waals surface area contributed by atoms with Crippen molar-refractivity contribution < 1.29 is 13.0 Å². The number of aliphatic imine (C=N–C) groups is 1. The normalized spacial score (nSPS) is 13.5. The number of hydrogen-bond donors (Lipinski definition) is 2. The van der Waals surface area contributed by atoms with Gasteiger partial charge in [-0.1, -0.05) is 35.3 Å². The van der Waals surface area contributed by atoms with E-state index in [4.69, 9.17) is 23.2 Å². The standard InChI is InChI=1S/C17H10Cl2N2O3S/c18-11-5-4-9(8-12(11)19)17-20-13-3-1-2-10-15(25(22,23)24)7-6-14(21-17)16(10)13/h1-8H,(H,20,21)(H,22,23,24). The Bertz CT molecular complexity index is 1170. The summed E-state index contributed by atoms with van der Waals surface area (Å²) in [5.74, 6) is 0.568. The molecule has 126 valence electrons. The van der Waals surface area contributed by atoms with Crippen molar-refractivity contribution in [3.05, 3.63) is 64.1 Å². The zero-order valence-electron chi connectivity index (χ0n) is 12.5. The van der Waals surface area contributed by atoms with Crippen molar-refractivity contribution >= 4 is 61.3 Å². The predicted octanol–water partition coefficient (Wildman–Crippen LogP) is 4.90. The molecule has 0 fully saturated rings. The largest absolute Gasteiger partial charge is 0.339 e. The van der Waals surface area contributed by atoms with Crippen LogP contribution in [0.2, 0.25) is 10.0 Å². The molecule has 0 aliphatic carbocycles. The highest BCUT2D eigenvalue weighted by atomic mass is 35.5. The Labute approximate surface area is 153 Å². The SMILES string of the molecule is O=S(=O)(O)c1ccc2c3c(cccc13)NC(c1ccc(Cl)c(Cl)c1)=N2. The number of nitrogens with zero attached hydrogens (tertiary/aromatic N) is 1.